The average Bonchev–Trinajstić information content (AvgIpc) is 2.49. The van der Waals surface area contributed by atoms with Gasteiger partial charge in [-0.25, -0.2) is 4.39 Å². The molecule has 5 nitrogen and oxygen atoms in total. The zero-order valence-corrected chi connectivity index (χ0v) is 14.0. The maximum Gasteiger partial charge on any atom is 0.229 e. The van der Waals surface area contributed by atoms with Crippen molar-refractivity contribution >= 4 is 17.4 Å². The number of aromatic nitrogens is 1. The molecule has 0 fully saturated rings. The molecule has 1 aromatic carbocycles. The van der Waals surface area contributed by atoms with Gasteiger partial charge in [0.2, 0.25) is 5.91 Å². The van der Waals surface area contributed by atoms with Crippen molar-refractivity contribution in [3.63, 3.8) is 0 Å². The summed E-state index contributed by atoms with van der Waals surface area (Å²) in [4.78, 5) is 27.1. The number of amides is 1. The van der Waals surface area contributed by atoms with Gasteiger partial charge in [-0.1, -0.05) is 20.8 Å². The lowest BCUT2D eigenvalue weighted by molar-refractivity contribution is -0.123. The summed E-state index contributed by atoms with van der Waals surface area (Å²) in [7, 11) is 0. The highest BCUT2D eigenvalue weighted by atomic mass is 19.1. The van der Waals surface area contributed by atoms with Gasteiger partial charge in [-0.15, -0.1) is 0 Å². The molecule has 1 amide bonds. The van der Waals surface area contributed by atoms with E-state index in [9.17, 15) is 14.0 Å². The molecule has 6 heteroatoms. The smallest absolute Gasteiger partial charge is 0.229 e. The Kier molecular flexibility index (Phi) is 4.97. The first kappa shape index (κ1) is 17.6. The number of rotatable bonds is 4. The first-order chi connectivity index (χ1) is 11.2. The van der Waals surface area contributed by atoms with Crippen molar-refractivity contribution in [1.29, 1.82) is 0 Å². The van der Waals surface area contributed by atoms with Crippen molar-refractivity contribution in [2.75, 3.05) is 5.32 Å². The fourth-order valence-electron chi connectivity index (χ4n) is 1.77. The number of pyridine rings is 1. The Morgan fingerprint density at radius 2 is 1.79 bits per heavy atom. The van der Waals surface area contributed by atoms with Gasteiger partial charge in [-0.2, -0.15) is 0 Å². The zero-order valence-electron chi connectivity index (χ0n) is 14.0. The molecule has 126 valence electrons. The lowest BCUT2D eigenvalue weighted by Gasteiger charge is -2.18. The molecule has 0 spiro atoms. The van der Waals surface area contributed by atoms with Crippen LogP contribution in [0.2, 0.25) is 0 Å². The summed E-state index contributed by atoms with van der Waals surface area (Å²) >= 11 is 0. The van der Waals surface area contributed by atoms with E-state index >= 15 is 0 Å². The van der Waals surface area contributed by atoms with Gasteiger partial charge in [-0.3, -0.25) is 14.6 Å². The highest BCUT2D eigenvalue weighted by Crippen LogP contribution is 2.27. The Morgan fingerprint density at radius 1 is 1.12 bits per heavy atom. The molecule has 0 aliphatic heterocycles. The SMILES string of the molecule is CC(=O)c1cc(Oc2ccc(NC(=O)C(C)(C)C)c(F)c2)ccn1. The second kappa shape index (κ2) is 6.78. The molecule has 24 heavy (non-hydrogen) atoms. The van der Waals surface area contributed by atoms with E-state index in [1.165, 1.54) is 37.4 Å². The Balaban J connectivity index is 2.16. The number of ether oxygens (including phenoxy) is 1. The van der Waals surface area contributed by atoms with Crippen LogP contribution in [0.5, 0.6) is 11.5 Å². The molecule has 0 aliphatic carbocycles. The lowest BCUT2D eigenvalue weighted by Crippen LogP contribution is -2.28. The average molecular weight is 330 g/mol. The van der Waals surface area contributed by atoms with Crippen LogP contribution in [-0.4, -0.2) is 16.7 Å². The molecule has 1 aromatic heterocycles. The fraction of sp³-hybridized carbons (Fsp3) is 0.278. The molecule has 1 heterocycles. The van der Waals surface area contributed by atoms with Crippen molar-refractivity contribution in [3.05, 3.63) is 48.0 Å². The molecule has 0 saturated heterocycles. The Hall–Kier alpha value is -2.76. The van der Waals surface area contributed by atoms with E-state index in [0.29, 0.717) is 5.75 Å². The van der Waals surface area contributed by atoms with Gasteiger partial charge in [0.1, 0.15) is 23.0 Å². The van der Waals surface area contributed by atoms with Crippen molar-refractivity contribution < 1.29 is 18.7 Å². The molecule has 0 saturated carbocycles. The van der Waals surface area contributed by atoms with E-state index in [1.54, 1.807) is 26.8 Å². The van der Waals surface area contributed by atoms with E-state index in [1.807, 2.05) is 0 Å². The van der Waals surface area contributed by atoms with Gasteiger partial charge >= 0.3 is 0 Å². The maximum atomic E-state index is 14.1. The molecule has 1 N–H and O–H groups in total. The Labute approximate surface area is 139 Å². The highest BCUT2D eigenvalue weighted by Gasteiger charge is 2.22. The summed E-state index contributed by atoms with van der Waals surface area (Å²) in [6.45, 7) is 6.63. The highest BCUT2D eigenvalue weighted by molar-refractivity contribution is 5.94. The van der Waals surface area contributed by atoms with Crippen LogP contribution in [0, 0.1) is 11.2 Å². The van der Waals surface area contributed by atoms with E-state index in [4.69, 9.17) is 4.74 Å². The van der Waals surface area contributed by atoms with Gasteiger partial charge in [0.05, 0.1) is 5.69 Å². The summed E-state index contributed by atoms with van der Waals surface area (Å²) in [6.07, 6.45) is 1.44. The number of nitrogens with one attached hydrogen (secondary N) is 1. The number of hydrogen-bond donors (Lipinski definition) is 1. The van der Waals surface area contributed by atoms with E-state index in [0.717, 1.165) is 0 Å². The summed E-state index contributed by atoms with van der Waals surface area (Å²) in [6, 6.07) is 7.19. The molecule has 0 bridgehead atoms. The second-order valence-corrected chi connectivity index (χ2v) is 6.38. The topological polar surface area (TPSA) is 68.3 Å². The molecule has 2 aromatic rings. The minimum atomic E-state index is -0.623. The third-order valence-corrected chi connectivity index (χ3v) is 3.20. The summed E-state index contributed by atoms with van der Waals surface area (Å²) in [5, 5.41) is 2.54. The number of carbonyl (C=O) groups is 2. The summed E-state index contributed by atoms with van der Waals surface area (Å²) in [5.74, 6) is -0.448. The van der Waals surface area contributed by atoms with Gasteiger partial charge in [0.15, 0.2) is 5.78 Å². The first-order valence-electron chi connectivity index (χ1n) is 7.42. The Morgan fingerprint density at radius 3 is 2.38 bits per heavy atom. The predicted octanol–water partition coefficient (Wildman–Crippen LogP) is 4.20. The van der Waals surface area contributed by atoms with Crippen LogP contribution in [0.3, 0.4) is 0 Å². The van der Waals surface area contributed by atoms with Crippen molar-refractivity contribution in [3.8, 4) is 11.5 Å². The van der Waals surface area contributed by atoms with E-state index in [2.05, 4.69) is 10.3 Å². The number of nitrogens with zero attached hydrogens (tertiary/aromatic N) is 1. The minimum absolute atomic E-state index is 0.0847. The summed E-state index contributed by atoms with van der Waals surface area (Å²) in [5.41, 5.74) is -0.273. The van der Waals surface area contributed by atoms with Crippen LogP contribution < -0.4 is 10.1 Å². The standard InChI is InChI=1S/C18H19FN2O3/c1-11(22)16-10-13(7-8-20-16)24-12-5-6-15(14(19)9-12)21-17(23)18(2,3)4/h5-10H,1-4H3,(H,21,23). The molecular formula is C18H19FN2O3. The van der Waals surface area contributed by atoms with Crippen molar-refractivity contribution in [2.24, 2.45) is 5.41 Å². The van der Waals surface area contributed by atoms with Crippen LogP contribution >= 0.6 is 0 Å². The molecule has 0 atom stereocenters. The lowest BCUT2D eigenvalue weighted by atomic mass is 9.95. The number of hydrogen-bond acceptors (Lipinski definition) is 4. The number of benzene rings is 1. The third kappa shape index (κ3) is 4.38. The first-order valence-corrected chi connectivity index (χ1v) is 7.42. The van der Waals surface area contributed by atoms with Crippen LogP contribution in [0.15, 0.2) is 36.5 Å². The quantitative estimate of drug-likeness (QED) is 0.853. The van der Waals surface area contributed by atoms with Gasteiger partial charge in [-0.05, 0) is 18.2 Å². The third-order valence-electron chi connectivity index (χ3n) is 3.20. The molecule has 2 rings (SSSR count). The van der Waals surface area contributed by atoms with Crippen LogP contribution in [0.25, 0.3) is 0 Å². The molecular weight excluding hydrogens is 311 g/mol. The van der Waals surface area contributed by atoms with Crippen LogP contribution in [0.4, 0.5) is 10.1 Å². The normalized spacial score (nSPS) is 11.0. The van der Waals surface area contributed by atoms with Gasteiger partial charge in [0.25, 0.3) is 0 Å². The number of ketones is 1. The zero-order chi connectivity index (χ0) is 17.9. The van der Waals surface area contributed by atoms with Crippen molar-refractivity contribution in [1.82, 2.24) is 4.98 Å². The summed E-state index contributed by atoms with van der Waals surface area (Å²) < 4.78 is 19.7. The number of halogens is 1. The predicted molar refractivity (Wildman–Crippen MR) is 88.8 cm³/mol. The Bertz CT molecular complexity index is 782. The minimum Gasteiger partial charge on any atom is -0.457 e. The molecule has 0 aliphatic rings. The van der Waals surface area contributed by atoms with Gasteiger partial charge < -0.3 is 10.1 Å². The maximum absolute atomic E-state index is 14.1. The van der Waals surface area contributed by atoms with Crippen molar-refractivity contribution in [2.45, 2.75) is 27.7 Å². The molecule has 0 unspecified atom stereocenters. The van der Waals surface area contributed by atoms with Gasteiger partial charge in [0, 0.05) is 30.7 Å². The van der Waals surface area contributed by atoms with Crippen LogP contribution in [0.1, 0.15) is 38.2 Å². The van der Waals surface area contributed by atoms with E-state index in [-0.39, 0.29) is 28.8 Å². The van der Waals surface area contributed by atoms with E-state index < -0.39 is 11.2 Å². The van der Waals surface area contributed by atoms with Crippen LogP contribution in [-0.2, 0) is 4.79 Å². The number of anilines is 1. The molecule has 0 radical (unpaired) electrons. The number of carbonyl (C=O) groups excluding carboxylic acids is 2. The largest absolute Gasteiger partial charge is 0.457 e. The monoisotopic (exact) mass is 330 g/mol. The second-order valence-electron chi connectivity index (χ2n) is 6.38. The fourth-order valence-corrected chi connectivity index (χ4v) is 1.77. The number of Topliss-reactive ketones (excluding diaryl/α,β-unsaturated/α-hetero) is 1.